The van der Waals surface area contributed by atoms with E-state index in [0.717, 1.165) is 0 Å². The lowest BCUT2D eigenvalue weighted by atomic mass is 9.82. The molecule has 2 aromatic carbocycles. The zero-order chi connectivity index (χ0) is 21.0. The Hall–Kier alpha value is -3.97. The number of carbonyl (C=O) groups is 1. The SMILES string of the molecule is COc1ccc(C(CC(=O)c2c(O)cc3occc3c2OC)C(C#N)C#N)cc1. The average molecular weight is 390 g/mol. The van der Waals surface area contributed by atoms with Crippen LogP contribution in [0.5, 0.6) is 17.2 Å². The maximum atomic E-state index is 13.1. The summed E-state index contributed by atoms with van der Waals surface area (Å²) in [5.41, 5.74) is 1.03. The second kappa shape index (κ2) is 8.37. The zero-order valence-electron chi connectivity index (χ0n) is 15.9. The summed E-state index contributed by atoms with van der Waals surface area (Å²) in [6.07, 6.45) is 1.27. The number of phenols is 1. The van der Waals surface area contributed by atoms with Crippen LogP contribution in [0.2, 0.25) is 0 Å². The topological polar surface area (TPSA) is 116 Å². The summed E-state index contributed by atoms with van der Waals surface area (Å²) in [6.45, 7) is 0. The molecule has 3 rings (SSSR count). The Balaban J connectivity index is 2.03. The Morgan fingerprint density at radius 1 is 1.14 bits per heavy atom. The van der Waals surface area contributed by atoms with E-state index in [0.29, 0.717) is 22.3 Å². The van der Waals surface area contributed by atoms with Gasteiger partial charge in [0.1, 0.15) is 34.3 Å². The molecule has 0 spiro atoms. The number of ketones is 1. The van der Waals surface area contributed by atoms with Gasteiger partial charge < -0.3 is 19.0 Å². The van der Waals surface area contributed by atoms with Crippen LogP contribution in [0.4, 0.5) is 0 Å². The molecule has 7 heteroatoms. The van der Waals surface area contributed by atoms with Crippen molar-refractivity contribution in [3.8, 4) is 29.4 Å². The van der Waals surface area contributed by atoms with Crippen LogP contribution in [0.1, 0.15) is 28.3 Å². The van der Waals surface area contributed by atoms with Crippen molar-refractivity contribution < 1.29 is 23.8 Å². The normalized spacial score (nSPS) is 11.6. The van der Waals surface area contributed by atoms with Gasteiger partial charge in [0.25, 0.3) is 0 Å². The lowest BCUT2D eigenvalue weighted by Crippen LogP contribution is -2.16. The zero-order valence-corrected chi connectivity index (χ0v) is 15.9. The molecular formula is C22H18N2O5. The number of nitriles is 2. The Morgan fingerprint density at radius 3 is 2.41 bits per heavy atom. The smallest absolute Gasteiger partial charge is 0.171 e. The number of hydrogen-bond acceptors (Lipinski definition) is 7. The highest BCUT2D eigenvalue weighted by molar-refractivity contribution is 6.07. The van der Waals surface area contributed by atoms with E-state index < -0.39 is 17.6 Å². The van der Waals surface area contributed by atoms with Crippen molar-refractivity contribution in [2.45, 2.75) is 12.3 Å². The van der Waals surface area contributed by atoms with Crippen LogP contribution in [0, 0.1) is 28.6 Å². The fraction of sp³-hybridized carbons (Fsp3) is 0.227. The highest BCUT2D eigenvalue weighted by Gasteiger charge is 2.30. The second-order valence-electron chi connectivity index (χ2n) is 6.38. The number of hydrogen-bond donors (Lipinski definition) is 1. The second-order valence-corrected chi connectivity index (χ2v) is 6.38. The number of fused-ring (bicyclic) bond motifs is 1. The molecule has 1 heterocycles. The number of nitrogens with zero attached hydrogens (tertiary/aromatic N) is 2. The van der Waals surface area contributed by atoms with Gasteiger partial charge in [-0.3, -0.25) is 4.79 Å². The van der Waals surface area contributed by atoms with Gasteiger partial charge in [0.05, 0.1) is 38.0 Å². The van der Waals surface area contributed by atoms with Crippen molar-refractivity contribution in [3.05, 3.63) is 53.8 Å². The first-order valence-corrected chi connectivity index (χ1v) is 8.77. The maximum Gasteiger partial charge on any atom is 0.171 e. The monoisotopic (exact) mass is 390 g/mol. The van der Waals surface area contributed by atoms with Crippen molar-refractivity contribution >= 4 is 16.8 Å². The minimum atomic E-state index is -1.04. The first-order valence-electron chi connectivity index (χ1n) is 8.77. The molecule has 0 aliphatic heterocycles. The van der Waals surface area contributed by atoms with Gasteiger partial charge in [-0.15, -0.1) is 0 Å². The van der Waals surface area contributed by atoms with E-state index >= 15 is 0 Å². The molecule has 1 aromatic heterocycles. The molecular weight excluding hydrogens is 372 g/mol. The van der Waals surface area contributed by atoms with Crippen LogP contribution >= 0.6 is 0 Å². The molecule has 1 unspecified atom stereocenters. The van der Waals surface area contributed by atoms with Crippen molar-refractivity contribution in [2.24, 2.45) is 5.92 Å². The lowest BCUT2D eigenvalue weighted by Gasteiger charge is -2.19. The van der Waals surface area contributed by atoms with Crippen molar-refractivity contribution in [1.29, 1.82) is 10.5 Å². The van der Waals surface area contributed by atoms with Crippen LogP contribution in [0.25, 0.3) is 11.0 Å². The third kappa shape index (κ3) is 3.71. The van der Waals surface area contributed by atoms with Gasteiger partial charge in [0.2, 0.25) is 0 Å². The van der Waals surface area contributed by atoms with Gasteiger partial charge in [0.15, 0.2) is 5.78 Å². The summed E-state index contributed by atoms with van der Waals surface area (Å²) >= 11 is 0. The summed E-state index contributed by atoms with van der Waals surface area (Å²) in [5, 5.41) is 29.8. The van der Waals surface area contributed by atoms with Gasteiger partial charge in [-0.2, -0.15) is 10.5 Å². The van der Waals surface area contributed by atoms with E-state index in [1.807, 2.05) is 12.1 Å². The number of Topliss-reactive ketones (excluding diaryl/α,β-unsaturated/α-hetero) is 1. The van der Waals surface area contributed by atoms with E-state index in [1.54, 1.807) is 30.3 Å². The van der Waals surface area contributed by atoms with Gasteiger partial charge >= 0.3 is 0 Å². The van der Waals surface area contributed by atoms with Gasteiger partial charge in [0, 0.05) is 18.4 Å². The maximum absolute atomic E-state index is 13.1. The molecule has 0 fully saturated rings. The predicted molar refractivity (Wildman–Crippen MR) is 104 cm³/mol. The third-order valence-electron chi connectivity index (χ3n) is 4.80. The molecule has 0 saturated carbocycles. The van der Waals surface area contributed by atoms with E-state index in [-0.39, 0.29) is 23.5 Å². The number of phenolic OH excluding ortho intramolecular Hbond substituents is 1. The highest BCUT2D eigenvalue weighted by atomic mass is 16.5. The Labute approximate surface area is 167 Å². The van der Waals surface area contributed by atoms with Crippen molar-refractivity contribution in [1.82, 2.24) is 0 Å². The Morgan fingerprint density at radius 2 is 1.83 bits per heavy atom. The molecule has 0 bridgehead atoms. The largest absolute Gasteiger partial charge is 0.507 e. The average Bonchev–Trinajstić information content (AvgIpc) is 3.20. The minimum absolute atomic E-state index is 0.00505. The number of ether oxygens (including phenoxy) is 2. The van der Waals surface area contributed by atoms with Crippen LogP contribution in [-0.2, 0) is 0 Å². The van der Waals surface area contributed by atoms with E-state index in [1.165, 1.54) is 26.5 Å². The summed E-state index contributed by atoms with van der Waals surface area (Å²) in [6, 6.07) is 13.7. The highest BCUT2D eigenvalue weighted by Crippen LogP contribution is 2.40. The third-order valence-corrected chi connectivity index (χ3v) is 4.80. The first-order chi connectivity index (χ1) is 14.0. The van der Waals surface area contributed by atoms with E-state index in [2.05, 4.69) is 0 Å². The molecule has 1 N–H and O–H groups in total. The van der Waals surface area contributed by atoms with E-state index in [4.69, 9.17) is 13.9 Å². The van der Waals surface area contributed by atoms with Crippen LogP contribution < -0.4 is 9.47 Å². The molecule has 0 aliphatic carbocycles. The molecule has 7 nitrogen and oxygen atoms in total. The number of furan rings is 1. The summed E-state index contributed by atoms with van der Waals surface area (Å²) in [5.74, 6) is -1.65. The number of benzene rings is 2. The van der Waals surface area contributed by atoms with Crippen molar-refractivity contribution in [2.75, 3.05) is 14.2 Å². The van der Waals surface area contributed by atoms with E-state index in [9.17, 15) is 20.4 Å². The van der Waals surface area contributed by atoms with Crippen LogP contribution in [0.3, 0.4) is 0 Å². The Bertz CT molecular complexity index is 1110. The standard InChI is InChI=1S/C22H18N2O5/c1-27-15-5-3-13(4-6-15)17(14(11-23)12-24)9-18(25)21-19(26)10-20-16(7-8-29-20)22(21)28-2/h3-8,10,14,17,26H,9H2,1-2H3. The molecule has 1 atom stereocenters. The predicted octanol–water partition coefficient (Wildman–Crippen LogP) is 4.18. The minimum Gasteiger partial charge on any atom is -0.507 e. The van der Waals surface area contributed by atoms with Gasteiger partial charge in [-0.1, -0.05) is 12.1 Å². The number of rotatable bonds is 7. The lowest BCUT2D eigenvalue weighted by molar-refractivity contribution is 0.0965. The molecule has 0 amide bonds. The summed E-state index contributed by atoms with van der Waals surface area (Å²) < 4.78 is 15.8. The van der Waals surface area contributed by atoms with Crippen LogP contribution in [0.15, 0.2) is 47.1 Å². The van der Waals surface area contributed by atoms with Crippen LogP contribution in [-0.4, -0.2) is 25.1 Å². The van der Waals surface area contributed by atoms with Gasteiger partial charge in [-0.05, 0) is 23.8 Å². The molecule has 3 aromatic rings. The van der Waals surface area contributed by atoms with Gasteiger partial charge in [-0.25, -0.2) is 0 Å². The Kier molecular flexibility index (Phi) is 5.71. The fourth-order valence-electron chi connectivity index (χ4n) is 3.34. The summed E-state index contributed by atoms with van der Waals surface area (Å²) in [4.78, 5) is 13.1. The fourth-order valence-corrected chi connectivity index (χ4v) is 3.34. The summed E-state index contributed by atoms with van der Waals surface area (Å²) in [7, 11) is 2.93. The number of methoxy groups -OCH3 is 2. The number of carbonyl (C=O) groups excluding carboxylic acids is 1. The molecule has 0 saturated heterocycles. The molecule has 0 aliphatic rings. The first kappa shape index (κ1) is 19.8. The van der Waals surface area contributed by atoms with Crippen molar-refractivity contribution in [3.63, 3.8) is 0 Å². The molecule has 29 heavy (non-hydrogen) atoms. The molecule has 0 radical (unpaired) electrons. The molecule has 146 valence electrons. The number of aromatic hydroxyl groups is 1. The quantitative estimate of drug-likeness (QED) is 0.602.